The van der Waals surface area contributed by atoms with Gasteiger partial charge in [-0.05, 0) is 36.1 Å². The van der Waals surface area contributed by atoms with Crippen molar-refractivity contribution in [3.8, 4) is 0 Å². The van der Waals surface area contributed by atoms with Gasteiger partial charge in [0, 0.05) is 38.6 Å². The monoisotopic (exact) mass is 364 g/mol. The van der Waals surface area contributed by atoms with Crippen LogP contribution in [-0.2, 0) is 13.0 Å². The molecule has 1 aliphatic rings. The summed E-state index contributed by atoms with van der Waals surface area (Å²) in [5.41, 5.74) is 4.90. The molecule has 0 saturated heterocycles. The van der Waals surface area contributed by atoms with Crippen LogP contribution in [-0.4, -0.2) is 51.0 Å². The molecule has 3 aromatic rings. The smallest absolute Gasteiger partial charge is 0.271 e. The summed E-state index contributed by atoms with van der Waals surface area (Å²) in [6.07, 6.45) is 4.03. The molecule has 27 heavy (non-hydrogen) atoms. The van der Waals surface area contributed by atoms with Crippen molar-refractivity contribution >= 4 is 11.6 Å². The predicted octanol–water partition coefficient (Wildman–Crippen LogP) is 1.79. The molecule has 1 aromatic carbocycles. The second-order valence-corrected chi connectivity index (χ2v) is 7.22. The lowest BCUT2D eigenvalue weighted by atomic mass is 10.00. The second-order valence-electron chi connectivity index (χ2n) is 7.22. The number of aliphatic hydroxyl groups is 1. The Bertz CT molecular complexity index is 966. The minimum absolute atomic E-state index is 0.212. The van der Waals surface area contributed by atoms with Crippen molar-refractivity contribution in [2.75, 3.05) is 19.6 Å². The Morgan fingerprint density at radius 1 is 1.22 bits per heavy atom. The zero-order valence-corrected chi connectivity index (χ0v) is 15.4. The van der Waals surface area contributed by atoms with Crippen LogP contribution in [0.5, 0.6) is 0 Å². The first-order valence-corrected chi connectivity index (χ1v) is 9.29. The Hall–Kier alpha value is -2.70. The summed E-state index contributed by atoms with van der Waals surface area (Å²) in [6.45, 7) is 4.51. The van der Waals surface area contributed by atoms with Crippen molar-refractivity contribution in [1.82, 2.24) is 19.6 Å². The summed E-state index contributed by atoms with van der Waals surface area (Å²) in [5.74, 6) is -0.264. The standard InChI is InChI=1S/C21H24N4O2/c1-15-6-7-20-23-19(14-25(20)11-15)21(27)22-10-18(26)13-24-9-8-16-4-2-3-5-17(16)12-24/h2-7,11,14,18,26H,8-10,12-13H2,1H3,(H,22,27)/t18-/m0/s1. The number of fused-ring (bicyclic) bond motifs is 2. The van der Waals surface area contributed by atoms with Gasteiger partial charge in [0.2, 0.25) is 0 Å². The number of hydrogen-bond acceptors (Lipinski definition) is 4. The van der Waals surface area contributed by atoms with Crippen LogP contribution in [0.3, 0.4) is 0 Å². The van der Waals surface area contributed by atoms with E-state index in [4.69, 9.17) is 0 Å². The number of aromatic nitrogens is 2. The van der Waals surface area contributed by atoms with Gasteiger partial charge in [0.25, 0.3) is 5.91 Å². The van der Waals surface area contributed by atoms with Crippen LogP contribution >= 0.6 is 0 Å². The quantitative estimate of drug-likeness (QED) is 0.724. The van der Waals surface area contributed by atoms with E-state index in [0.29, 0.717) is 12.2 Å². The lowest BCUT2D eigenvalue weighted by molar-refractivity contribution is 0.0838. The molecule has 2 N–H and O–H groups in total. The fraction of sp³-hybridized carbons (Fsp3) is 0.333. The molecule has 0 fully saturated rings. The van der Waals surface area contributed by atoms with Crippen molar-refractivity contribution in [2.24, 2.45) is 0 Å². The van der Waals surface area contributed by atoms with Crippen LogP contribution in [0, 0.1) is 6.92 Å². The van der Waals surface area contributed by atoms with Gasteiger partial charge in [-0.3, -0.25) is 9.69 Å². The first-order valence-electron chi connectivity index (χ1n) is 9.29. The molecule has 0 unspecified atom stereocenters. The number of rotatable bonds is 5. The van der Waals surface area contributed by atoms with Gasteiger partial charge in [0.05, 0.1) is 6.10 Å². The van der Waals surface area contributed by atoms with E-state index < -0.39 is 6.10 Å². The van der Waals surface area contributed by atoms with Crippen LogP contribution in [0.4, 0.5) is 0 Å². The number of amides is 1. The summed E-state index contributed by atoms with van der Waals surface area (Å²) in [4.78, 5) is 18.9. The van der Waals surface area contributed by atoms with E-state index in [1.807, 2.05) is 29.7 Å². The largest absolute Gasteiger partial charge is 0.390 e. The number of carbonyl (C=O) groups is 1. The number of hydrogen-bond donors (Lipinski definition) is 2. The number of aliphatic hydroxyl groups excluding tert-OH is 1. The zero-order valence-electron chi connectivity index (χ0n) is 15.4. The number of benzene rings is 1. The topological polar surface area (TPSA) is 69.9 Å². The average molecular weight is 364 g/mol. The molecule has 0 aliphatic carbocycles. The Kier molecular flexibility index (Phi) is 4.92. The maximum Gasteiger partial charge on any atom is 0.271 e. The average Bonchev–Trinajstić information content (AvgIpc) is 3.09. The zero-order chi connectivity index (χ0) is 18.8. The molecule has 6 heteroatoms. The molecular formula is C21H24N4O2. The van der Waals surface area contributed by atoms with E-state index >= 15 is 0 Å². The molecule has 4 rings (SSSR count). The Morgan fingerprint density at radius 3 is 2.89 bits per heavy atom. The first-order chi connectivity index (χ1) is 13.1. The molecule has 0 saturated carbocycles. The highest BCUT2D eigenvalue weighted by Gasteiger charge is 2.19. The molecule has 1 atom stereocenters. The van der Waals surface area contributed by atoms with Gasteiger partial charge in [0.15, 0.2) is 0 Å². The normalized spacial score (nSPS) is 15.5. The highest BCUT2D eigenvalue weighted by molar-refractivity contribution is 5.92. The number of β-amino-alcohol motifs (C(OH)–C–C–N with tert-alkyl or cyclic N) is 1. The number of imidazole rings is 1. The van der Waals surface area contributed by atoms with Crippen LogP contribution in [0.15, 0.2) is 48.8 Å². The van der Waals surface area contributed by atoms with Gasteiger partial charge >= 0.3 is 0 Å². The third kappa shape index (κ3) is 4.02. The number of carbonyl (C=O) groups excluding carboxylic acids is 1. The van der Waals surface area contributed by atoms with Crippen molar-refractivity contribution < 1.29 is 9.90 Å². The van der Waals surface area contributed by atoms with Crippen LogP contribution in [0.1, 0.15) is 27.2 Å². The van der Waals surface area contributed by atoms with Crippen molar-refractivity contribution in [2.45, 2.75) is 26.0 Å². The summed E-state index contributed by atoms with van der Waals surface area (Å²) in [5, 5.41) is 13.1. The lowest BCUT2D eigenvalue weighted by Crippen LogP contribution is -2.42. The van der Waals surface area contributed by atoms with Crippen LogP contribution in [0.25, 0.3) is 5.65 Å². The molecule has 0 spiro atoms. The fourth-order valence-corrected chi connectivity index (χ4v) is 3.59. The second kappa shape index (κ2) is 7.50. The first kappa shape index (κ1) is 17.7. The molecule has 3 heterocycles. The molecular weight excluding hydrogens is 340 g/mol. The van der Waals surface area contributed by atoms with Crippen molar-refractivity contribution in [1.29, 1.82) is 0 Å². The molecule has 1 aliphatic heterocycles. The van der Waals surface area contributed by atoms with Crippen molar-refractivity contribution in [3.05, 3.63) is 71.2 Å². The Labute approximate surface area is 158 Å². The third-order valence-electron chi connectivity index (χ3n) is 5.01. The van der Waals surface area contributed by atoms with E-state index in [2.05, 4.69) is 39.5 Å². The maximum atomic E-state index is 12.3. The van der Waals surface area contributed by atoms with Crippen molar-refractivity contribution in [3.63, 3.8) is 0 Å². The van der Waals surface area contributed by atoms with E-state index in [1.54, 1.807) is 6.20 Å². The highest BCUT2D eigenvalue weighted by atomic mass is 16.3. The number of aryl methyl sites for hydroxylation is 1. The van der Waals surface area contributed by atoms with Crippen LogP contribution in [0.2, 0.25) is 0 Å². The number of nitrogens with zero attached hydrogens (tertiary/aromatic N) is 3. The molecule has 0 bridgehead atoms. The molecule has 2 aromatic heterocycles. The Balaban J connectivity index is 1.31. The summed E-state index contributed by atoms with van der Waals surface area (Å²) >= 11 is 0. The summed E-state index contributed by atoms with van der Waals surface area (Å²) in [7, 11) is 0. The SMILES string of the molecule is Cc1ccc2nc(C(=O)NC[C@H](O)CN3CCc4ccccc4C3)cn2c1. The van der Waals surface area contributed by atoms with E-state index in [9.17, 15) is 9.90 Å². The Morgan fingerprint density at radius 2 is 2.04 bits per heavy atom. The maximum absolute atomic E-state index is 12.3. The van der Waals surface area contributed by atoms with Gasteiger partial charge in [-0.2, -0.15) is 0 Å². The predicted molar refractivity (Wildman–Crippen MR) is 104 cm³/mol. The van der Waals surface area contributed by atoms with Gasteiger partial charge in [-0.25, -0.2) is 4.98 Å². The molecule has 140 valence electrons. The van der Waals surface area contributed by atoms with Gasteiger partial charge in [-0.15, -0.1) is 0 Å². The number of pyridine rings is 1. The molecule has 1 amide bonds. The van der Waals surface area contributed by atoms with Crippen LogP contribution < -0.4 is 5.32 Å². The summed E-state index contributed by atoms with van der Waals surface area (Å²) < 4.78 is 1.84. The van der Waals surface area contributed by atoms with E-state index in [1.165, 1.54) is 11.1 Å². The lowest BCUT2D eigenvalue weighted by Gasteiger charge is -2.30. The molecule has 0 radical (unpaired) electrons. The van der Waals surface area contributed by atoms with E-state index in [-0.39, 0.29) is 12.5 Å². The third-order valence-corrected chi connectivity index (χ3v) is 5.01. The minimum atomic E-state index is -0.613. The minimum Gasteiger partial charge on any atom is -0.390 e. The fourth-order valence-electron chi connectivity index (χ4n) is 3.59. The van der Waals surface area contributed by atoms with Gasteiger partial charge < -0.3 is 14.8 Å². The van der Waals surface area contributed by atoms with Gasteiger partial charge in [0.1, 0.15) is 11.3 Å². The van der Waals surface area contributed by atoms with Gasteiger partial charge in [-0.1, -0.05) is 30.3 Å². The van der Waals surface area contributed by atoms with E-state index in [0.717, 1.165) is 30.7 Å². The summed E-state index contributed by atoms with van der Waals surface area (Å²) in [6, 6.07) is 12.3. The number of nitrogens with one attached hydrogen (secondary N) is 1. The highest BCUT2D eigenvalue weighted by Crippen LogP contribution is 2.18. The molecule has 6 nitrogen and oxygen atoms in total.